The number of nitrogens with one attached hydrogen (secondary N) is 1. The summed E-state index contributed by atoms with van der Waals surface area (Å²) < 4.78 is 0. The monoisotopic (exact) mass is 188 g/mol. The SMILES string of the molecule is CC1=Nc2cc(C)ccc2N[C@@H](C)C1. The first-order valence-electron chi connectivity index (χ1n) is 5.06. The van der Waals surface area contributed by atoms with Gasteiger partial charge in [-0.15, -0.1) is 0 Å². The van der Waals surface area contributed by atoms with E-state index in [1.165, 1.54) is 11.3 Å². The summed E-state index contributed by atoms with van der Waals surface area (Å²) >= 11 is 0. The van der Waals surface area contributed by atoms with E-state index in [0.717, 1.165) is 17.8 Å². The minimum atomic E-state index is 0.475. The molecule has 2 rings (SSSR count). The van der Waals surface area contributed by atoms with Gasteiger partial charge in [0.25, 0.3) is 0 Å². The van der Waals surface area contributed by atoms with Crippen LogP contribution in [0.1, 0.15) is 25.8 Å². The van der Waals surface area contributed by atoms with Crippen LogP contribution in [-0.4, -0.2) is 11.8 Å². The fraction of sp³-hybridized carbons (Fsp3) is 0.417. The molecule has 1 aliphatic heterocycles. The smallest absolute Gasteiger partial charge is 0.0862 e. The zero-order chi connectivity index (χ0) is 10.1. The summed E-state index contributed by atoms with van der Waals surface area (Å²) in [6.45, 7) is 6.38. The first-order chi connectivity index (χ1) is 6.65. The van der Waals surface area contributed by atoms with Crippen LogP contribution in [0.25, 0.3) is 0 Å². The lowest BCUT2D eigenvalue weighted by Gasteiger charge is -2.12. The van der Waals surface area contributed by atoms with Gasteiger partial charge in [0.05, 0.1) is 11.4 Å². The third-order valence-corrected chi connectivity index (χ3v) is 2.47. The molecule has 1 N–H and O–H groups in total. The predicted molar refractivity (Wildman–Crippen MR) is 61.6 cm³/mol. The molecule has 1 heterocycles. The van der Waals surface area contributed by atoms with Gasteiger partial charge in [-0.3, -0.25) is 4.99 Å². The van der Waals surface area contributed by atoms with Crippen LogP contribution < -0.4 is 5.32 Å². The van der Waals surface area contributed by atoms with Gasteiger partial charge in [-0.1, -0.05) is 6.07 Å². The molecule has 0 fully saturated rings. The van der Waals surface area contributed by atoms with Crippen molar-refractivity contribution >= 4 is 17.1 Å². The Morgan fingerprint density at radius 3 is 2.93 bits per heavy atom. The molecule has 1 aliphatic rings. The van der Waals surface area contributed by atoms with Crippen molar-refractivity contribution in [2.24, 2.45) is 4.99 Å². The first-order valence-corrected chi connectivity index (χ1v) is 5.06. The molecule has 0 unspecified atom stereocenters. The Hall–Kier alpha value is -1.31. The first kappa shape index (κ1) is 9.25. The van der Waals surface area contributed by atoms with Crippen LogP contribution in [0.15, 0.2) is 23.2 Å². The maximum Gasteiger partial charge on any atom is 0.0862 e. The van der Waals surface area contributed by atoms with E-state index < -0.39 is 0 Å². The second kappa shape index (κ2) is 3.45. The summed E-state index contributed by atoms with van der Waals surface area (Å²) in [5.74, 6) is 0. The molecule has 0 bridgehead atoms. The summed E-state index contributed by atoms with van der Waals surface area (Å²) in [6.07, 6.45) is 1.02. The molecule has 74 valence electrons. The number of aliphatic imine (C=N–C) groups is 1. The highest BCUT2D eigenvalue weighted by molar-refractivity contribution is 5.89. The molecule has 0 saturated heterocycles. The van der Waals surface area contributed by atoms with E-state index in [2.05, 4.69) is 49.3 Å². The normalized spacial score (nSPS) is 20.5. The number of hydrogen-bond donors (Lipinski definition) is 1. The third-order valence-electron chi connectivity index (χ3n) is 2.47. The van der Waals surface area contributed by atoms with Crippen molar-refractivity contribution in [3.63, 3.8) is 0 Å². The summed E-state index contributed by atoms with van der Waals surface area (Å²) in [5.41, 5.74) is 4.69. The lowest BCUT2D eigenvalue weighted by atomic mass is 10.1. The van der Waals surface area contributed by atoms with Crippen molar-refractivity contribution in [3.8, 4) is 0 Å². The minimum absolute atomic E-state index is 0.475. The topological polar surface area (TPSA) is 24.4 Å². The zero-order valence-corrected chi connectivity index (χ0v) is 8.96. The average Bonchev–Trinajstić information content (AvgIpc) is 2.21. The molecule has 2 nitrogen and oxygen atoms in total. The molecule has 2 heteroatoms. The molecule has 0 saturated carbocycles. The maximum absolute atomic E-state index is 4.60. The van der Waals surface area contributed by atoms with Gasteiger partial charge in [0.1, 0.15) is 0 Å². The molecule has 0 radical (unpaired) electrons. The van der Waals surface area contributed by atoms with Gasteiger partial charge in [-0.25, -0.2) is 0 Å². The second-order valence-corrected chi connectivity index (χ2v) is 4.12. The van der Waals surface area contributed by atoms with Crippen LogP contribution in [0.2, 0.25) is 0 Å². The molecular weight excluding hydrogens is 172 g/mol. The van der Waals surface area contributed by atoms with Gasteiger partial charge in [0.15, 0.2) is 0 Å². The summed E-state index contributed by atoms with van der Waals surface area (Å²) in [5, 5.41) is 3.47. The number of aryl methyl sites for hydroxylation is 1. The molecule has 0 aromatic heterocycles. The quantitative estimate of drug-likeness (QED) is 0.663. The summed E-state index contributed by atoms with van der Waals surface area (Å²) in [4.78, 5) is 4.60. The van der Waals surface area contributed by atoms with Gasteiger partial charge in [-0.2, -0.15) is 0 Å². The number of anilines is 1. The third kappa shape index (κ3) is 1.79. The lowest BCUT2D eigenvalue weighted by Crippen LogP contribution is -2.16. The van der Waals surface area contributed by atoms with Gasteiger partial charge < -0.3 is 5.32 Å². The van der Waals surface area contributed by atoms with Crippen molar-refractivity contribution in [3.05, 3.63) is 23.8 Å². The number of rotatable bonds is 0. The Labute approximate surface area is 85.1 Å². The van der Waals surface area contributed by atoms with Crippen LogP contribution in [0, 0.1) is 6.92 Å². The molecular formula is C12H16N2. The van der Waals surface area contributed by atoms with Gasteiger partial charge in [0, 0.05) is 18.2 Å². The largest absolute Gasteiger partial charge is 0.380 e. The highest BCUT2D eigenvalue weighted by Gasteiger charge is 2.11. The molecule has 0 aliphatic carbocycles. The zero-order valence-electron chi connectivity index (χ0n) is 8.96. The Morgan fingerprint density at radius 1 is 1.36 bits per heavy atom. The Balaban J connectivity index is 2.48. The van der Waals surface area contributed by atoms with Crippen molar-refractivity contribution in [2.45, 2.75) is 33.2 Å². The van der Waals surface area contributed by atoms with Crippen LogP contribution in [0.5, 0.6) is 0 Å². The summed E-state index contributed by atoms with van der Waals surface area (Å²) in [7, 11) is 0. The van der Waals surface area contributed by atoms with Gasteiger partial charge in [0.2, 0.25) is 0 Å². The molecule has 1 atom stereocenters. The van der Waals surface area contributed by atoms with E-state index in [4.69, 9.17) is 0 Å². The van der Waals surface area contributed by atoms with E-state index in [1.54, 1.807) is 0 Å². The molecule has 1 aromatic carbocycles. The molecule has 1 aromatic rings. The highest BCUT2D eigenvalue weighted by Crippen LogP contribution is 2.29. The van der Waals surface area contributed by atoms with Crippen LogP contribution in [0.3, 0.4) is 0 Å². The van der Waals surface area contributed by atoms with Crippen molar-refractivity contribution in [1.29, 1.82) is 0 Å². The Bertz CT molecular complexity index is 380. The van der Waals surface area contributed by atoms with Crippen molar-refractivity contribution in [1.82, 2.24) is 0 Å². The average molecular weight is 188 g/mol. The van der Waals surface area contributed by atoms with Gasteiger partial charge >= 0.3 is 0 Å². The van der Waals surface area contributed by atoms with Crippen LogP contribution in [0.4, 0.5) is 11.4 Å². The number of fused-ring (bicyclic) bond motifs is 1. The fourth-order valence-electron chi connectivity index (χ4n) is 1.87. The Morgan fingerprint density at radius 2 is 2.14 bits per heavy atom. The number of benzene rings is 1. The highest BCUT2D eigenvalue weighted by atomic mass is 15.0. The van der Waals surface area contributed by atoms with E-state index in [9.17, 15) is 0 Å². The number of hydrogen-bond acceptors (Lipinski definition) is 2. The number of nitrogens with zero attached hydrogens (tertiary/aromatic N) is 1. The van der Waals surface area contributed by atoms with Crippen LogP contribution in [-0.2, 0) is 0 Å². The lowest BCUT2D eigenvalue weighted by molar-refractivity contribution is 0.841. The summed E-state index contributed by atoms with van der Waals surface area (Å²) in [6, 6.07) is 6.84. The van der Waals surface area contributed by atoms with E-state index in [1.807, 2.05) is 0 Å². The van der Waals surface area contributed by atoms with Crippen LogP contribution >= 0.6 is 0 Å². The molecule has 0 amide bonds. The molecule has 14 heavy (non-hydrogen) atoms. The maximum atomic E-state index is 4.60. The Kier molecular flexibility index (Phi) is 2.28. The van der Waals surface area contributed by atoms with E-state index in [-0.39, 0.29) is 0 Å². The predicted octanol–water partition coefficient (Wildman–Crippen LogP) is 3.29. The molecule has 0 spiro atoms. The van der Waals surface area contributed by atoms with Gasteiger partial charge in [-0.05, 0) is 38.5 Å². The standard InChI is InChI=1S/C12H16N2/c1-8-4-5-11-12(6-8)14-10(3)7-9(2)13-11/h4-6,9,13H,7H2,1-3H3/t9-/m0/s1. The van der Waals surface area contributed by atoms with E-state index >= 15 is 0 Å². The fourth-order valence-corrected chi connectivity index (χ4v) is 1.87. The minimum Gasteiger partial charge on any atom is -0.380 e. The van der Waals surface area contributed by atoms with Crippen molar-refractivity contribution < 1.29 is 0 Å². The van der Waals surface area contributed by atoms with Crippen molar-refractivity contribution in [2.75, 3.05) is 5.32 Å². The van der Waals surface area contributed by atoms with E-state index in [0.29, 0.717) is 6.04 Å². The second-order valence-electron chi connectivity index (χ2n) is 4.12.